The summed E-state index contributed by atoms with van der Waals surface area (Å²) in [5.74, 6) is -3.44. The average molecular weight is 802 g/mol. The average Bonchev–Trinajstić information content (AvgIpc) is 3.19. The van der Waals surface area contributed by atoms with Crippen LogP contribution in [0.1, 0.15) is 110 Å². The Hall–Kier alpha value is -4.14. The van der Waals surface area contributed by atoms with Crippen LogP contribution in [0.4, 0.5) is 0 Å². The molecule has 1 fully saturated rings. The van der Waals surface area contributed by atoms with E-state index in [-0.39, 0.29) is 17.9 Å². The Morgan fingerprint density at radius 2 is 1.14 bits per heavy atom. The van der Waals surface area contributed by atoms with Gasteiger partial charge in [-0.15, -0.1) is 11.8 Å². The van der Waals surface area contributed by atoms with Gasteiger partial charge in [0.25, 0.3) is 0 Å². The van der Waals surface area contributed by atoms with E-state index in [9.17, 15) is 33.6 Å². The predicted octanol–water partition coefficient (Wildman–Crippen LogP) is 3.08. The second-order valence-corrected chi connectivity index (χ2v) is 15.7. The molecule has 2 rings (SSSR count). The van der Waals surface area contributed by atoms with E-state index in [1.165, 1.54) is 23.9 Å². The van der Waals surface area contributed by atoms with Crippen LogP contribution in [0, 0.1) is 0 Å². The van der Waals surface area contributed by atoms with Crippen LogP contribution in [-0.2, 0) is 40.0 Å². The van der Waals surface area contributed by atoms with Crippen molar-refractivity contribution in [3.63, 3.8) is 0 Å². The van der Waals surface area contributed by atoms with Crippen molar-refractivity contribution in [2.75, 3.05) is 32.6 Å². The number of nitrogens with zero attached hydrogens (tertiary/aromatic N) is 2. The molecule has 15 heteroatoms. The lowest BCUT2D eigenvalue weighted by atomic mass is 10.0. The van der Waals surface area contributed by atoms with E-state index < -0.39 is 77.6 Å². The maximum atomic E-state index is 14.3. The summed E-state index contributed by atoms with van der Waals surface area (Å²) in [5.41, 5.74) is 0.807. The van der Waals surface area contributed by atoms with E-state index in [1.807, 2.05) is 58.0 Å². The number of thioether (sulfide) groups is 1. The first-order chi connectivity index (χ1) is 26.8. The fourth-order valence-corrected chi connectivity index (χ4v) is 7.59. The monoisotopic (exact) mass is 801 g/mol. The molecule has 14 nitrogen and oxygen atoms in total. The van der Waals surface area contributed by atoms with Crippen molar-refractivity contribution < 1.29 is 33.6 Å². The second-order valence-electron chi connectivity index (χ2n) is 14.6. The number of benzene rings is 1. The van der Waals surface area contributed by atoms with Gasteiger partial charge in [-0.2, -0.15) is 0 Å². The summed E-state index contributed by atoms with van der Waals surface area (Å²) < 4.78 is 0. The quantitative estimate of drug-likeness (QED) is 0.179. The molecule has 0 spiro atoms. The van der Waals surface area contributed by atoms with Crippen molar-refractivity contribution in [1.29, 1.82) is 0 Å². The van der Waals surface area contributed by atoms with E-state index in [0.29, 0.717) is 51.4 Å². The number of hydrogen-bond acceptors (Lipinski definition) is 8. The maximum absolute atomic E-state index is 14.3. The molecular weight excluding hydrogens is 735 g/mol. The zero-order chi connectivity index (χ0) is 41.6. The van der Waals surface area contributed by atoms with Gasteiger partial charge in [0.15, 0.2) is 0 Å². The Bertz CT molecular complexity index is 1430. The lowest BCUT2D eigenvalue weighted by molar-refractivity contribution is -0.143. The standard InChI is InChI=1S/C41H67N7O7S/c1-8-12-21-29-37(51)46-31(23-14-10-3)40(54)48(7)34(38(52)42-5)26-56-27-35(49)43-32(25-28-19-17-16-18-20-28)41(55)47(6)33(24-15-11-4)39(53)45-30(22-13-9-2)36(50)44-29/h16-20,29-34H,8-15,21-27H2,1-7H3,(H,42,52)(H,43,49)(H,44,50)(H,45,53)(H,46,51)/t29-,30-,31-,32+,33-,34+/m0/s1. The molecule has 1 heterocycles. The molecule has 0 aromatic heterocycles. The highest BCUT2D eigenvalue weighted by molar-refractivity contribution is 8.00. The Morgan fingerprint density at radius 1 is 0.661 bits per heavy atom. The van der Waals surface area contributed by atoms with Gasteiger partial charge in [-0.1, -0.05) is 109 Å². The fourth-order valence-electron chi connectivity index (χ4n) is 6.61. The van der Waals surface area contributed by atoms with E-state index in [2.05, 4.69) is 26.6 Å². The third-order valence-electron chi connectivity index (χ3n) is 10.2. The molecule has 56 heavy (non-hydrogen) atoms. The molecule has 0 unspecified atom stereocenters. The number of unbranched alkanes of at least 4 members (excludes halogenated alkanes) is 4. The Labute approximate surface area is 338 Å². The minimum atomic E-state index is -1.02. The van der Waals surface area contributed by atoms with Gasteiger partial charge in [-0.05, 0) is 31.2 Å². The smallest absolute Gasteiger partial charge is 0.245 e. The number of rotatable bonds is 15. The highest BCUT2D eigenvalue weighted by atomic mass is 32.2. The molecule has 0 aliphatic carbocycles. The summed E-state index contributed by atoms with van der Waals surface area (Å²) >= 11 is 1.14. The first-order valence-electron chi connectivity index (χ1n) is 20.4. The van der Waals surface area contributed by atoms with Crippen molar-refractivity contribution in [3.05, 3.63) is 35.9 Å². The SMILES string of the molecule is CCCC[C@@H]1NC(=O)[C@H](CCCC)NC(=O)[C@H](CCCC)N(C)C(=O)[C@@H](Cc2ccccc2)NC(=O)CSC[C@H](C(=O)NC)N(C)C(=O)[C@H](CCCC)NC1=O. The third-order valence-corrected chi connectivity index (χ3v) is 11.2. The van der Waals surface area contributed by atoms with E-state index in [0.717, 1.165) is 43.0 Å². The summed E-state index contributed by atoms with van der Waals surface area (Å²) in [7, 11) is 4.51. The van der Waals surface area contributed by atoms with Crippen molar-refractivity contribution in [2.45, 2.75) is 147 Å². The van der Waals surface area contributed by atoms with Gasteiger partial charge in [0.1, 0.15) is 36.3 Å². The lowest BCUT2D eigenvalue weighted by Gasteiger charge is -2.32. The minimum Gasteiger partial charge on any atom is -0.357 e. The van der Waals surface area contributed by atoms with Crippen LogP contribution >= 0.6 is 11.8 Å². The summed E-state index contributed by atoms with van der Waals surface area (Å²) in [6.45, 7) is 7.90. The summed E-state index contributed by atoms with van der Waals surface area (Å²) in [4.78, 5) is 99.8. The van der Waals surface area contributed by atoms with E-state index in [4.69, 9.17) is 0 Å². The van der Waals surface area contributed by atoms with Gasteiger partial charge >= 0.3 is 0 Å². The van der Waals surface area contributed by atoms with Crippen LogP contribution in [0.5, 0.6) is 0 Å². The first kappa shape index (κ1) is 48.0. The highest BCUT2D eigenvalue weighted by Crippen LogP contribution is 2.17. The van der Waals surface area contributed by atoms with Crippen LogP contribution in [0.2, 0.25) is 0 Å². The molecule has 1 aliphatic rings. The molecule has 1 aromatic rings. The van der Waals surface area contributed by atoms with Gasteiger partial charge in [0, 0.05) is 33.3 Å². The molecule has 1 saturated heterocycles. The molecule has 6 atom stereocenters. The minimum absolute atomic E-state index is 0.0641. The molecule has 1 aliphatic heterocycles. The molecule has 7 amide bonds. The van der Waals surface area contributed by atoms with Gasteiger partial charge in [0.2, 0.25) is 41.4 Å². The second kappa shape index (κ2) is 25.9. The van der Waals surface area contributed by atoms with Crippen molar-refractivity contribution >= 4 is 53.1 Å². The topological polar surface area (TPSA) is 186 Å². The van der Waals surface area contributed by atoms with Crippen LogP contribution in [0.25, 0.3) is 0 Å². The van der Waals surface area contributed by atoms with Gasteiger partial charge < -0.3 is 36.4 Å². The third kappa shape index (κ3) is 15.4. The van der Waals surface area contributed by atoms with Crippen LogP contribution in [0.15, 0.2) is 30.3 Å². The first-order valence-corrected chi connectivity index (χ1v) is 21.6. The molecule has 5 N–H and O–H groups in total. The van der Waals surface area contributed by atoms with E-state index >= 15 is 0 Å². The summed E-state index contributed by atoms with van der Waals surface area (Å²) in [5, 5.41) is 14.2. The molecular formula is C41H67N7O7S. The fraction of sp³-hybridized carbons (Fsp3) is 0.683. The summed E-state index contributed by atoms with van der Waals surface area (Å²) in [6.07, 6.45) is 6.95. The number of carbonyl (C=O) groups excluding carboxylic acids is 7. The summed E-state index contributed by atoms with van der Waals surface area (Å²) in [6, 6.07) is 3.37. The number of carbonyl (C=O) groups is 7. The number of nitrogens with one attached hydrogen (secondary N) is 5. The van der Waals surface area contributed by atoms with E-state index in [1.54, 1.807) is 7.05 Å². The normalized spacial score (nSPS) is 24.1. The predicted molar refractivity (Wildman–Crippen MR) is 220 cm³/mol. The molecule has 314 valence electrons. The highest BCUT2D eigenvalue weighted by Gasteiger charge is 2.37. The maximum Gasteiger partial charge on any atom is 0.245 e. The molecule has 1 aromatic carbocycles. The van der Waals surface area contributed by atoms with Crippen LogP contribution < -0.4 is 26.6 Å². The number of hydrogen-bond donors (Lipinski definition) is 5. The van der Waals surface area contributed by atoms with Gasteiger partial charge in [0.05, 0.1) is 5.75 Å². The molecule has 0 saturated carbocycles. The lowest BCUT2D eigenvalue weighted by Crippen LogP contribution is -2.60. The number of likely N-dealkylation sites (N-methyl/N-ethyl adjacent to an activating group) is 3. The zero-order valence-corrected chi connectivity index (χ0v) is 35.4. The van der Waals surface area contributed by atoms with Gasteiger partial charge in [-0.25, -0.2) is 0 Å². The zero-order valence-electron chi connectivity index (χ0n) is 34.6. The van der Waals surface area contributed by atoms with Crippen molar-refractivity contribution in [3.8, 4) is 0 Å². The molecule has 0 radical (unpaired) electrons. The van der Waals surface area contributed by atoms with Crippen molar-refractivity contribution in [2.24, 2.45) is 0 Å². The Balaban J connectivity index is 2.67. The Morgan fingerprint density at radius 3 is 1.68 bits per heavy atom. The van der Waals surface area contributed by atoms with Crippen LogP contribution in [-0.4, -0.2) is 120 Å². The molecule has 0 bridgehead atoms. The van der Waals surface area contributed by atoms with Crippen molar-refractivity contribution in [1.82, 2.24) is 36.4 Å². The largest absolute Gasteiger partial charge is 0.357 e. The van der Waals surface area contributed by atoms with Gasteiger partial charge in [-0.3, -0.25) is 33.6 Å². The Kier molecular flexibility index (Phi) is 22.2. The van der Waals surface area contributed by atoms with Crippen LogP contribution in [0.3, 0.4) is 0 Å². The number of amides is 7.